The van der Waals surface area contributed by atoms with Crippen LogP contribution >= 0.6 is 11.3 Å². The summed E-state index contributed by atoms with van der Waals surface area (Å²) < 4.78 is 13.1. The van der Waals surface area contributed by atoms with Crippen molar-refractivity contribution >= 4 is 33.8 Å². The van der Waals surface area contributed by atoms with Crippen LogP contribution in [0.1, 0.15) is 30.6 Å². The Bertz CT molecular complexity index is 966. The summed E-state index contributed by atoms with van der Waals surface area (Å²) in [6, 6.07) is 15.1. The number of hydrogen-bond acceptors (Lipinski definition) is 3. The maximum Gasteiger partial charge on any atom is 0.259 e. The molecule has 0 radical (unpaired) electrons. The van der Waals surface area contributed by atoms with E-state index >= 15 is 0 Å². The molecule has 0 fully saturated rings. The summed E-state index contributed by atoms with van der Waals surface area (Å²) in [5, 5.41) is 8.02. The second-order valence-corrected chi connectivity index (χ2v) is 7.71. The molecule has 0 saturated carbocycles. The topological polar surface area (TPSA) is 58.2 Å². The maximum absolute atomic E-state index is 13.1. The second kappa shape index (κ2) is 8.80. The molecule has 4 nitrogen and oxygen atoms in total. The number of halogens is 1. The Hall–Kier alpha value is -2.99. The number of hydrogen-bond donors (Lipinski definition) is 2. The average Bonchev–Trinajstić information content (AvgIpc) is 3.07. The van der Waals surface area contributed by atoms with Gasteiger partial charge in [0, 0.05) is 23.1 Å². The lowest BCUT2D eigenvalue weighted by molar-refractivity contribution is -0.116. The van der Waals surface area contributed by atoms with Crippen molar-refractivity contribution in [2.75, 3.05) is 10.6 Å². The monoisotopic (exact) mass is 396 g/mol. The Balaban J connectivity index is 1.95. The zero-order valence-electron chi connectivity index (χ0n) is 15.7. The molecule has 2 aromatic carbocycles. The van der Waals surface area contributed by atoms with E-state index in [9.17, 15) is 14.0 Å². The van der Waals surface area contributed by atoms with E-state index in [1.807, 2.05) is 49.6 Å². The molecule has 144 valence electrons. The van der Waals surface area contributed by atoms with Crippen molar-refractivity contribution in [2.24, 2.45) is 5.92 Å². The number of amides is 2. The second-order valence-electron chi connectivity index (χ2n) is 6.83. The van der Waals surface area contributed by atoms with Crippen LogP contribution in [0.5, 0.6) is 0 Å². The minimum atomic E-state index is -0.375. The molecule has 1 aromatic heterocycles. The first-order valence-electron chi connectivity index (χ1n) is 8.97. The smallest absolute Gasteiger partial charge is 0.259 e. The molecule has 0 unspecified atom stereocenters. The lowest BCUT2D eigenvalue weighted by Crippen LogP contribution is -2.18. The Morgan fingerprint density at radius 2 is 1.68 bits per heavy atom. The highest BCUT2D eigenvalue weighted by Crippen LogP contribution is 2.36. The van der Waals surface area contributed by atoms with Gasteiger partial charge >= 0.3 is 0 Å². The summed E-state index contributed by atoms with van der Waals surface area (Å²) in [5.41, 5.74) is 2.51. The predicted molar refractivity (Wildman–Crippen MR) is 112 cm³/mol. The van der Waals surface area contributed by atoms with Crippen LogP contribution in [0.25, 0.3) is 11.1 Å². The molecule has 2 amide bonds. The van der Waals surface area contributed by atoms with Crippen molar-refractivity contribution in [1.29, 1.82) is 0 Å². The van der Waals surface area contributed by atoms with Gasteiger partial charge in [0.1, 0.15) is 10.8 Å². The standard InChI is InChI=1S/C22H21FN2O2S/c1-14(2)12-19(26)25-22-20(18(13-28-22)15-6-4-3-5-7-15)21(27)24-17-10-8-16(23)9-11-17/h3-11,13-14H,12H2,1-2H3,(H,24,27)(H,25,26). The molecule has 28 heavy (non-hydrogen) atoms. The highest BCUT2D eigenvalue weighted by atomic mass is 32.1. The molecule has 1 heterocycles. The summed E-state index contributed by atoms with van der Waals surface area (Å²) in [7, 11) is 0. The van der Waals surface area contributed by atoms with E-state index in [0.29, 0.717) is 22.7 Å². The number of anilines is 2. The molecule has 0 spiro atoms. The van der Waals surface area contributed by atoms with Crippen LogP contribution in [-0.2, 0) is 4.79 Å². The fourth-order valence-corrected chi connectivity index (χ4v) is 3.76. The summed E-state index contributed by atoms with van der Waals surface area (Å²) >= 11 is 1.31. The van der Waals surface area contributed by atoms with E-state index in [1.54, 1.807) is 0 Å². The van der Waals surface area contributed by atoms with E-state index in [2.05, 4.69) is 10.6 Å². The SMILES string of the molecule is CC(C)CC(=O)Nc1scc(-c2ccccc2)c1C(=O)Nc1ccc(F)cc1. The Morgan fingerprint density at radius 3 is 2.32 bits per heavy atom. The minimum absolute atomic E-state index is 0.132. The van der Waals surface area contributed by atoms with Crippen LogP contribution < -0.4 is 10.6 Å². The first-order chi connectivity index (χ1) is 13.4. The van der Waals surface area contributed by atoms with Gasteiger partial charge in [-0.1, -0.05) is 44.2 Å². The van der Waals surface area contributed by atoms with Crippen molar-refractivity contribution in [1.82, 2.24) is 0 Å². The van der Waals surface area contributed by atoms with Gasteiger partial charge in [-0.25, -0.2) is 4.39 Å². The number of benzene rings is 2. The highest BCUT2D eigenvalue weighted by molar-refractivity contribution is 7.15. The summed E-state index contributed by atoms with van der Waals surface area (Å²) in [5.74, 6) is -0.649. The molecule has 0 aliphatic rings. The van der Waals surface area contributed by atoms with Gasteiger partial charge in [-0.3, -0.25) is 9.59 Å². The molecular weight excluding hydrogens is 375 g/mol. The number of thiophene rings is 1. The van der Waals surface area contributed by atoms with Gasteiger partial charge in [-0.05, 0) is 35.7 Å². The van der Waals surface area contributed by atoms with Gasteiger partial charge < -0.3 is 10.6 Å². The van der Waals surface area contributed by atoms with Crippen LogP contribution in [-0.4, -0.2) is 11.8 Å². The number of nitrogens with one attached hydrogen (secondary N) is 2. The van der Waals surface area contributed by atoms with Gasteiger partial charge in [0.05, 0.1) is 5.56 Å². The van der Waals surface area contributed by atoms with E-state index in [0.717, 1.165) is 11.1 Å². The highest BCUT2D eigenvalue weighted by Gasteiger charge is 2.22. The Kier molecular flexibility index (Phi) is 6.21. The minimum Gasteiger partial charge on any atom is -0.322 e. The molecule has 3 rings (SSSR count). The number of carbonyl (C=O) groups is 2. The average molecular weight is 396 g/mol. The molecule has 0 aliphatic heterocycles. The molecule has 0 bridgehead atoms. The first kappa shape index (κ1) is 19.8. The Morgan fingerprint density at radius 1 is 1.00 bits per heavy atom. The third kappa shape index (κ3) is 4.84. The van der Waals surface area contributed by atoms with Crippen LogP contribution in [0.3, 0.4) is 0 Å². The lowest BCUT2D eigenvalue weighted by Gasteiger charge is -2.11. The van der Waals surface area contributed by atoms with Crippen LogP contribution in [0.2, 0.25) is 0 Å². The van der Waals surface area contributed by atoms with Gasteiger partial charge in [0.2, 0.25) is 5.91 Å². The van der Waals surface area contributed by atoms with E-state index in [4.69, 9.17) is 0 Å². The van der Waals surface area contributed by atoms with Crippen molar-refractivity contribution < 1.29 is 14.0 Å². The van der Waals surface area contributed by atoms with E-state index < -0.39 is 0 Å². The molecule has 0 atom stereocenters. The molecule has 0 aliphatic carbocycles. The summed E-state index contributed by atoms with van der Waals surface area (Å²) in [4.78, 5) is 25.3. The molecular formula is C22H21FN2O2S. The van der Waals surface area contributed by atoms with Crippen molar-refractivity contribution in [3.63, 3.8) is 0 Å². The first-order valence-corrected chi connectivity index (χ1v) is 9.85. The summed E-state index contributed by atoms with van der Waals surface area (Å²) in [6.45, 7) is 3.93. The number of carbonyl (C=O) groups excluding carboxylic acids is 2. The zero-order valence-corrected chi connectivity index (χ0v) is 16.5. The number of rotatable bonds is 6. The third-order valence-electron chi connectivity index (χ3n) is 4.05. The zero-order chi connectivity index (χ0) is 20.1. The molecule has 6 heteroatoms. The maximum atomic E-state index is 13.1. The molecule has 2 N–H and O–H groups in total. The van der Waals surface area contributed by atoms with Gasteiger partial charge in [-0.2, -0.15) is 0 Å². The lowest BCUT2D eigenvalue weighted by atomic mass is 10.0. The van der Waals surface area contributed by atoms with Crippen molar-refractivity contribution in [2.45, 2.75) is 20.3 Å². The van der Waals surface area contributed by atoms with Crippen LogP contribution in [0.15, 0.2) is 60.0 Å². The fraction of sp³-hybridized carbons (Fsp3) is 0.182. The predicted octanol–water partition coefficient (Wildman–Crippen LogP) is 5.79. The fourth-order valence-electron chi connectivity index (χ4n) is 2.78. The van der Waals surface area contributed by atoms with E-state index in [-0.39, 0.29) is 23.5 Å². The van der Waals surface area contributed by atoms with Crippen molar-refractivity contribution in [3.05, 3.63) is 71.4 Å². The van der Waals surface area contributed by atoms with E-state index in [1.165, 1.54) is 35.6 Å². The summed E-state index contributed by atoms with van der Waals surface area (Å²) in [6.07, 6.45) is 0.373. The van der Waals surface area contributed by atoms with Crippen LogP contribution in [0, 0.1) is 11.7 Å². The van der Waals surface area contributed by atoms with Crippen LogP contribution in [0.4, 0.5) is 15.1 Å². The largest absolute Gasteiger partial charge is 0.322 e. The molecule has 0 saturated heterocycles. The molecule has 3 aromatic rings. The van der Waals surface area contributed by atoms with Gasteiger partial charge in [0.25, 0.3) is 5.91 Å². The van der Waals surface area contributed by atoms with Crippen molar-refractivity contribution in [3.8, 4) is 11.1 Å². The quantitative estimate of drug-likeness (QED) is 0.554. The van der Waals surface area contributed by atoms with Gasteiger partial charge in [0.15, 0.2) is 0 Å². The van der Waals surface area contributed by atoms with Gasteiger partial charge in [-0.15, -0.1) is 11.3 Å². The Labute approximate surface area is 167 Å². The normalized spacial score (nSPS) is 10.7. The third-order valence-corrected chi connectivity index (χ3v) is 4.95.